The lowest BCUT2D eigenvalue weighted by atomic mass is 10.1. The maximum absolute atomic E-state index is 5.98. The third kappa shape index (κ3) is 2.45. The first-order chi connectivity index (χ1) is 7.74. The van der Waals surface area contributed by atoms with E-state index in [0.29, 0.717) is 12.1 Å². The molecule has 0 radical (unpaired) electrons. The third-order valence-electron chi connectivity index (χ3n) is 3.25. The van der Waals surface area contributed by atoms with Crippen LogP contribution in [0.25, 0.3) is 0 Å². The van der Waals surface area contributed by atoms with Gasteiger partial charge in [-0.25, -0.2) is 0 Å². The molecule has 1 saturated heterocycles. The second-order valence-corrected chi connectivity index (χ2v) is 6.48. The van der Waals surface area contributed by atoms with E-state index in [2.05, 4.69) is 42.0 Å². The molecule has 2 N–H and O–H groups in total. The number of aryl methyl sites for hydroxylation is 1. The molecule has 0 amide bonds. The highest BCUT2D eigenvalue weighted by Gasteiger charge is 2.27. The Kier molecular flexibility index (Phi) is 4.30. The summed E-state index contributed by atoms with van der Waals surface area (Å²) in [5.74, 6) is 2.48. The molecule has 4 heteroatoms. The third-order valence-corrected chi connectivity index (χ3v) is 5.56. The molecule has 2 atom stereocenters. The Bertz CT molecular complexity index is 338. The molecular formula is C12H20N2S2. The Morgan fingerprint density at radius 2 is 2.44 bits per heavy atom. The van der Waals surface area contributed by atoms with Crippen molar-refractivity contribution in [2.45, 2.75) is 25.9 Å². The maximum atomic E-state index is 5.98. The van der Waals surface area contributed by atoms with Crippen LogP contribution < -0.4 is 5.73 Å². The molecular weight excluding hydrogens is 236 g/mol. The van der Waals surface area contributed by atoms with E-state index in [1.54, 1.807) is 0 Å². The molecule has 16 heavy (non-hydrogen) atoms. The SMILES string of the molecule is Cc1ccsc1C(CN)N1CCSCC1C. The van der Waals surface area contributed by atoms with Crippen molar-refractivity contribution < 1.29 is 0 Å². The first-order valence-electron chi connectivity index (χ1n) is 5.81. The standard InChI is InChI=1S/C12H20N2S2/c1-9-3-5-16-12(9)11(7-13)14-4-6-15-8-10(14)2/h3,5,10-11H,4,6-8,13H2,1-2H3. The minimum Gasteiger partial charge on any atom is -0.329 e. The summed E-state index contributed by atoms with van der Waals surface area (Å²) in [4.78, 5) is 4.04. The van der Waals surface area contributed by atoms with E-state index >= 15 is 0 Å². The fraction of sp³-hybridized carbons (Fsp3) is 0.667. The van der Waals surface area contributed by atoms with Gasteiger partial charge in [-0.2, -0.15) is 11.8 Å². The van der Waals surface area contributed by atoms with Crippen molar-refractivity contribution in [3.63, 3.8) is 0 Å². The lowest BCUT2D eigenvalue weighted by Gasteiger charge is -2.38. The Labute approximate surface area is 106 Å². The van der Waals surface area contributed by atoms with Crippen molar-refractivity contribution in [2.24, 2.45) is 5.73 Å². The average molecular weight is 256 g/mol. The minimum absolute atomic E-state index is 0.427. The monoisotopic (exact) mass is 256 g/mol. The van der Waals surface area contributed by atoms with E-state index in [0.717, 1.165) is 6.54 Å². The fourth-order valence-corrected chi connectivity index (χ4v) is 4.42. The van der Waals surface area contributed by atoms with Crippen LogP contribution in [0.1, 0.15) is 23.4 Å². The molecule has 0 saturated carbocycles. The van der Waals surface area contributed by atoms with E-state index in [1.165, 1.54) is 28.5 Å². The summed E-state index contributed by atoms with van der Waals surface area (Å²) >= 11 is 3.91. The summed E-state index contributed by atoms with van der Waals surface area (Å²) in [5.41, 5.74) is 7.38. The predicted octanol–water partition coefficient (Wildman–Crippen LogP) is 2.49. The molecule has 1 aliphatic heterocycles. The van der Waals surface area contributed by atoms with Gasteiger partial charge in [0.15, 0.2) is 0 Å². The van der Waals surface area contributed by atoms with Gasteiger partial charge in [0.2, 0.25) is 0 Å². The Morgan fingerprint density at radius 1 is 1.62 bits per heavy atom. The lowest BCUT2D eigenvalue weighted by molar-refractivity contribution is 0.168. The number of hydrogen-bond acceptors (Lipinski definition) is 4. The molecule has 2 heterocycles. The summed E-state index contributed by atoms with van der Waals surface area (Å²) in [6, 6.07) is 3.27. The zero-order chi connectivity index (χ0) is 11.5. The number of thioether (sulfide) groups is 1. The van der Waals surface area contributed by atoms with Gasteiger partial charge in [-0.3, -0.25) is 4.90 Å². The summed E-state index contributed by atoms with van der Waals surface area (Å²) < 4.78 is 0. The van der Waals surface area contributed by atoms with Crippen molar-refractivity contribution in [1.82, 2.24) is 4.90 Å². The molecule has 2 nitrogen and oxygen atoms in total. The highest BCUT2D eigenvalue weighted by molar-refractivity contribution is 7.99. The molecule has 0 spiro atoms. The van der Waals surface area contributed by atoms with Crippen LogP contribution >= 0.6 is 23.1 Å². The second kappa shape index (κ2) is 5.54. The topological polar surface area (TPSA) is 29.3 Å². The quantitative estimate of drug-likeness (QED) is 0.901. The first-order valence-corrected chi connectivity index (χ1v) is 7.85. The molecule has 1 fully saturated rings. The molecule has 2 rings (SSSR count). The largest absolute Gasteiger partial charge is 0.329 e. The molecule has 0 bridgehead atoms. The molecule has 2 unspecified atom stereocenters. The van der Waals surface area contributed by atoms with Crippen LogP contribution in [0.5, 0.6) is 0 Å². The number of thiophene rings is 1. The molecule has 1 aromatic rings. The summed E-state index contributed by atoms with van der Waals surface area (Å²) in [7, 11) is 0. The van der Waals surface area contributed by atoms with Crippen molar-refractivity contribution in [3.05, 3.63) is 21.9 Å². The number of hydrogen-bond donors (Lipinski definition) is 1. The van der Waals surface area contributed by atoms with Crippen LogP contribution in [0.3, 0.4) is 0 Å². The normalized spacial score (nSPS) is 24.6. The Hall–Kier alpha value is -0.0300. The van der Waals surface area contributed by atoms with Crippen LogP contribution in [0.15, 0.2) is 11.4 Å². The van der Waals surface area contributed by atoms with Gasteiger partial charge in [0.05, 0.1) is 6.04 Å². The van der Waals surface area contributed by atoms with Crippen molar-refractivity contribution >= 4 is 23.1 Å². The van der Waals surface area contributed by atoms with Gasteiger partial charge in [-0.15, -0.1) is 11.3 Å². The highest BCUT2D eigenvalue weighted by Crippen LogP contribution is 2.31. The predicted molar refractivity (Wildman–Crippen MR) is 74.3 cm³/mol. The summed E-state index contributed by atoms with van der Waals surface area (Å²) in [5, 5.41) is 2.18. The highest BCUT2D eigenvalue weighted by atomic mass is 32.2. The van der Waals surface area contributed by atoms with Gasteiger partial charge in [0.1, 0.15) is 0 Å². The van der Waals surface area contributed by atoms with Crippen LogP contribution in [0.2, 0.25) is 0 Å². The minimum atomic E-state index is 0.427. The second-order valence-electron chi connectivity index (χ2n) is 4.38. The number of rotatable bonds is 3. The summed E-state index contributed by atoms with van der Waals surface area (Å²) in [6.07, 6.45) is 0. The zero-order valence-electron chi connectivity index (χ0n) is 9.98. The zero-order valence-corrected chi connectivity index (χ0v) is 11.6. The number of nitrogens with two attached hydrogens (primary N) is 1. The lowest BCUT2D eigenvalue weighted by Crippen LogP contribution is -2.45. The molecule has 90 valence electrons. The first kappa shape index (κ1) is 12.4. The molecule has 0 aliphatic carbocycles. The van der Waals surface area contributed by atoms with Gasteiger partial charge in [-0.05, 0) is 30.9 Å². The molecule has 0 aromatic carbocycles. The van der Waals surface area contributed by atoms with Gasteiger partial charge in [0.25, 0.3) is 0 Å². The summed E-state index contributed by atoms with van der Waals surface area (Å²) in [6.45, 7) is 6.41. The van der Waals surface area contributed by atoms with Crippen molar-refractivity contribution in [1.29, 1.82) is 0 Å². The smallest absolute Gasteiger partial charge is 0.0569 e. The van der Waals surface area contributed by atoms with Crippen molar-refractivity contribution in [3.8, 4) is 0 Å². The average Bonchev–Trinajstić information content (AvgIpc) is 2.69. The Balaban J connectivity index is 2.18. The van der Waals surface area contributed by atoms with Crippen molar-refractivity contribution in [2.75, 3.05) is 24.6 Å². The van der Waals surface area contributed by atoms with Crippen LogP contribution in [0, 0.1) is 6.92 Å². The van der Waals surface area contributed by atoms with Crippen LogP contribution in [0.4, 0.5) is 0 Å². The van der Waals surface area contributed by atoms with Gasteiger partial charge in [-0.1, -0.05) is 0 Å². The van der Waals surface area contributed by atoms with E-state index in [4.69, 9.17) is 5.73 Å². The molecule has 1 aliphatic rings. The number of nitrogens with zero attached hydrogens (tertiary/aromatic N) is 1. The van der Waals surface area contributed by atoms with E-state index in [9.17, 15) is 0 Å². The molecule has 1 aromatic heterocycles. The Morgan fingerprint density at radius 3 is 3.00 bits per heavy atom. The van der Waals surface area contributed by atoms with Gasteiger partial charge < -0.3 is 5.73 Å². The van der Waals surface area contributed by atoms with Gasteiger partial charge >= 0.3 is 0 Å². The maximum Gasteiger partial charge on any atom is 0.0569 e. The van der Waals surface area contributed by atoms with E-state index in [1.807, 2.05) is 11.3 Å². The van der Waals surface area contributed by atoms with Crippen LogP contribution in [-0.2, 0) is 0 Å². The van der Waals surface area contributed by atoms with Crippen LogP contribution in [-0.4, -0.2) is 35.5 Å². The van der Waals surface area contributed by atoms with E-state index in [-0.39, 0.29) is 0 Å². The van der Waals surface area contributed by atoms with E-state index < -0.39 is 0 Å². The van der Waals surface area contributed by atoms with Gasteiger partial charge in [0, 0.05) is 35.5 Å². The fourth-order valence-electron chi connectivity index (χ4n) is 2.32.